The van der Waals surface area contributed by atoms with E-state index in [1.807, 2.05) is 19.2 Å². The molecule has 4 nitrogen and oxygen atoms in total. The van der Waals surface area contributed by atoms with E-state index in [0.717, 1.165) is 4.90 Å². The van der Waals surface area contributed by atoms with Gasteiger partial charge >= 0.3 is 6.03 Å². The maximum absolute atomic E-state index is 11.6. The summed E-state index contributed by atoms with van der Waals surface area (Å²) in [6.07, 6.45) is 2.62. The first-order valence-corrected chi connectivity index (χ1v) is 7.22. The Bertz CT molecular complexity index is 411. The Hall–Kier alpha value is -0.910. The molecule has 0 aliphatic heterocycles. The number of hydrogen-bond acceptors (Lipinski definition) is 3. The van der Waals surface area contributed by atoms with E-state index < -0.39 is 0 Å². The second-order valence-corrected chi connectivity index (χ2v) is 4.99. The molecule has 0 saturated heterocycles. The summed E-state index contributed by atoms with van der Waals surface area (Å²) in [5.41, 5.74) is 0.628. The van der Waals surface area contributed by atoms with Gasteiger partial charge in [0.25, 0.3) is 0 Å². The number of anilines is 1. The van der Waals surface area contributed by atoms with Crippen molar-refractivity contribution in [3.8, 4) is 0 Å². The lowest BCUT2D eigenvalue weighted by Gasteiger charge is -2.15. The summed E-state index contributed by atoms with van der Waals surface area (Å²) >= 11 is 7.59. The quantitative estimate of drug-likeness (QED) is 0.730. The molecule has 18 heavy (non-hydrogen) atoms. The summed E-state index contributed by atoms with van der Waals surface area (Å²) in [5, 5.41) is 14.9. The molecule has 0 bridgehead atoms. The first-order chi connectivity index (χ1) is 8.60. The Morgan fingerprint density at radius 2 is 2.28 bits per heavy atom. The Kier molecular flexibility index (Phi) is 6.32. The van der Waals surface area contributed by atoms with E-state index in [1.54, 1.807) is 23.9 Å². The van der Waals surface area contributed by atoms with Crippen LogP contribution < -0.4 is 10.6 Å². The predicted molar refractivity (Wildman–Crippen MR) is 76.6 cm³/mol. The lowest BCUT2D eigenvalue weighted by atomic mass is 10.2. The number of carbonyl (C=O) groups is 1. The minimum atomic E-state index is -0.344. The average Bonchev–Trinajstić information content (AvgIpc) is 2.36. The number of aliphatic hydroxyl groups is 1. The number of thioether (sulfide) groups is 1. The van der Waals surface area contributed by atoms with Gasteiger partial charge in [0.05, 0.1) is 17.7 Å². The number of urea groups is 1. The van der Waals surface area contributed by atoms with Crippen LogP contribution in [0.3, 0.4) is 0 Å². The van der Waals surface area contributed by atoms with Crippen molar-refractivity contribution in [2.45, 2.75) is 24.3 Å². The minimum Gasteiger partial charge on any atom is -0.394 e. The molecular weight excluding hydrogens is 272 g/mol. The minimum absolute atomic E-state index is 0.0733. The maximum Gasteiger partial charge on any atom is 0.319 e. The molecular formula is C12H17ClN2O2S. The van der Waals surface area contributed by atoms with Gasteiger partial charge in [0.1, 0.15) is 0 Å². The Balaban J connectivity index is 2.62. The van der Waals surface area contributed by atoms with Crippen molar-refractivity contribution in [3.63, 3.8) is 0 Å². The van der Waals surface area contributed by atoms with Crippen LogP contribution in [0.25, 0.3) is 0 Å². The zero-order chi connectivity index (χ0) is 13.5. The summed E-state index contributed by atoms with van der Waals surface area (Å²) in [4.78, 5) is 12.6. The molecule has 1 aromatic rings. The first kappa shape index (κ1) is 15.1. The molecule has 100 valence electrons. The van der Waals surface area contributed by atoms with Crippen LogP contribution in [0.4, 0.5) is 10.5 Å². The first-order valence-electron chi connectivity index (χ1n) is 5.62. The largest absolute Gasteiger partial charge is 0.394 e. The van der Waals surface area contributed by atoms with Gasteiger partial charge in [-0.25, -0.2) is 4.79 Å². The lowest BCUT2D eigenvalue weighted by Crippen LogP contribution is -2.39. The van der Waals surface area contributed by atoms with Crippen LogP contribution >= 0.6 is 23.4 Å². The van der Waals surface area contributed by atoms with Crippen LogP contribution in [0.2, 0.25) is 5.02 Å². The smallest absolute Gasteiger partial charge is 0.319 e. The fourth-order valence-electron chi connectivity index (χ4n) is 1.37. The summed E-state index contributed by atoms with van der Waals surface area (Å²) < 4.78 is 0. The third kappa shape index (κ3) is 4.40. The molecule has 1 aromatic carbocycles. The van der Waals surface area contributed by atoms with Crippen LogP contribution in [0.15, 0.2) is 23.1 Å². The van der Waals surface area contributed by atoms with Crippen molar-refractivity contribution in [2.75, 3.05) is 18.2 Å². The number of carbonyl (C=O) groups excluding carboxylic acids is 1. The fraction of sp³-hybridized carbons (Fsp3) is 0.417. The fourth-order valence-corrected chi connectivity index (χ4v) is 2.24. The molecule has 0 radical (unpaired) electrons. The molecule has 0 fully saturated rings. The Labute approximate surface area is 116 Å². The van der Waals surface area contributed by atoms with E-state index >= 15 is 0 Å². The molecule has 0 aromatic heterocycles. The van der Waals surface area contributed by atoms with Crippen LogP contribution in [0.1, 0.15) is 13.3 Å². The van der Waals surface area contributed by atoms with Crippen molar-refractivity contribution < 1.29 is 9.90 Å². The number of aliphatic hydroxyl groups excluding tert-OH is 1. The molecule has 0 heterocycles. The highest BCUT2D eigenvalue weighted by atomic mass is 35.5. The Morgan fingerprint density at radius 3 is 2.78 bits per heavy atom. The van der Waals surface area contributed by atoms with Gasteiger partial charge in [-0.15, -0.1) is 11.8 Å². The molecule has 6 heteroatoms. The van der Waals surface area contributed by atoms with E-state index in [0.29, 0.717) is 17.1 Å². The Morgan fingerprint density at radius 1 is 1.56 bits per heavy atom. The zero-order valence-corrected chi connectivity index (χ0v) is 11.9. The van der Waals surface area contributed by atoms with Gasteiger partial charge in [0, 0.05) is 10.6 Å². The van der Waals surface area contributed by atoms with Crippen LogP contribution in [0, 0.1) is 0 Å². The molecule has 0 spiro atoms. The topological polar surface area (TPSA) is 61.4 Å². The monoisotopic (exact) mass is 288 g/mol. The van der Waals surface area contributed by atoms with E-state index in [-0.39, 0.29) is 18.7 Å². The number of amides is 2. The molecule has 3 N–H and O–H groups in total. The standard InChI is InChI=1S/C12H17ClN2O2S/c1-3-8(7-16)14-12(17)15-9-4-5-11(18-2)10(13)6-9/h4-6,8,16H,3,7H2,1-2H3,(H2,14,15,17). The van der Waals surface area contributed by atoms with Gasteiger partial charge < -0.3 is 15.7 Å². The van der Waals surface area contributed by atoms with Crippen molar-refractivity contribution in [1.29, 1.82) is 0 Å². The highest BCUT2D eigenvalue weighted by Gasteiger charge is 2.09. The summed E-state index contributed by atoms with van der Waals surface area (Å²) in [5.74, 6) is 0. The molecule has 1 rings (SSSR count). The van der Waals surface area contributed by atoms with Gasteiger partial charge in [-0.2, -0.15) is 0 Å². The van der Waals surface area contributed by atoms with E-state index in [2.05, 4.69) is 10.6 Å². The lowest BCUT2D eigenvalue weighted by molar-refractivity contribution is 0.222. The normalized spacial score (nSPS) is 12.0. The van der Waals surface area contributed by atoms with Gasteiger partial charge in [-0.1, -0.05) is 18.5 Å². The maximum atomic E-state index is 11.6. The molecule has 0 aliphatic carbocycles. The molecule has 0 aliphatic rings. The number of nitrogens with one attached hydrogen (secondary N) is 2. The second-order valence-electron chi connectivity index (χ2n) is 3.74. The predicted octanol–water partition coefficient (Wildman–Crippen LogP) is 2.95. The van der Waals surface area contributed by atoms with E-state index in [1.165, 1.54) is 0 Å². The number of benzene rings is 1. The zero-order valence-electron chi connectivity index (χ0n) is 10.4. The highest BCUT2D eigenvalue weighted by molar-refractivity contribution is 7.98. The van der Waals surface area contributed by atoms with Crippen LogP contribution in [-0.4, -0.2) is 30.0 Å². The third-order valence-corrected chi connectivity index (χ3v) is 3.68. The van der Waals surface area contributed by atoms with E-state index in [4.69, 9.17) is 16.7 Å². The second kappa shape index (κ2) is 7.51. The van der Waals surface area contributed by atoms with Gasteiger partial charge in [0.15, 0.2) is 0 Å². The number of hydrogen-bond donors (Lipinski definition) is 3. The van der Waals surface area contributed by atoms with Gasteiger partial charge in [0.2, 0.25) is 0 Å². The summed E-state index contributed by atoms with van der Waals surface area (Å²) in [6, 6.07) is 4.77. The van der Waals surface area contributed by atoms with Crippen LogP contribution in [-0.2, 0) is 0 Å². The summed E-state index contributed by atoms with van der Waals surface area (Å²) in [7, 11) is 0. The third-order valence-electron chi connectivity index (χ3n) is 2.46. The van der Waals surface area contributed by atoms with Gasteiger partial charge in [-0.3, -0.25) is 0 Å². The highest BCUT2D eigenvalue weighted by Crippen LogP contribution is 2.27. The van der Waals surface area contributed by atoms with Crippen molar-refractivity contribution in [2.24, 2.45) is 0 Å². The molecule has 1 unspecified atom stereocenters. The van der Waals surface area contributed by atoms with E-state index in [9.17, 15) is 4.79 Å². The van der Waals surface area contributed by atoms with Crippen molar-refractivity contribution in [1.82, 2.24) is 5.32 Å². The van der Waals surface area contributed by atoms with Crippen molar-refractivity contribution >= 4 is 35.1 Å². The number of halogens is 1. The van der Waals surface area contributed by atoms with Crippen LogP contribution in [0.5, 0.6) is 0 Å². The average molecular weight is 289 g/mol. The number of rotatable bonds is 5. The SMILES string of the molecule is CCC(CO)NC(=O)Nc1ccc(SC)c(Cl)c1. The molecule has 2 amide bonds. The van der Waals surface area contributed by atoms with Crippen molar-refractivity contribution in [3.05, 3.63) is 23.2 Å². The molecule has 1 atom stereocenters. The summed E-state index contributed by atoms with van der Waals surface area (Å²) in [6.45, 7) is 1.82. The van der Waals surface area contributed by atoms with Gasteiger partial charge in [-0.05, 0) is 30.9 Å². The molecule has 0 saturated carbocycles.